The summed E-state index contributed by atoms with van der Waals surface area (Å²) in [5, 5.41) is 7.59. The third kappa shape index (κ3) is 3.14. The lowest BCUT2D eigenvalue weighted by Gasteiger charge is -2.12. The minimum absolute atomic E-state index is 0.00709. The summed E-state index contributed by atoms with van der Waals surface area (Å²) in [6, 6.07) is 4.58. The Bertz CT molecular complexity index is 1060. The number of pyridine rings is 1. The molecule has 0 bridgehead atoms. The maximum absolute atomic E-state index is 13.5. The number of amides is 1. The molecule has 0 saturated carbocycles. The van der Waals surface area contributed by atoms with E-state index in [-0.39, 0.29) is 27.4 Å². The number of carbonyl (C=O) groups is 3. The lowest BCUT2D eigenvalue weighted by molar-refractivity contribution is -0.137. The van der Waals surface area contributed by atoms with E-state index in [0.717, 1.165) is 6.07 Å². The van der Waals surface area contributed by atoms with Gasteiger partial charge in [-0.1, -0.05) is 12.1 Å². The topological polar surface area (TPSA) is 112 Å². The van der Waals surface area contributed by atoms with Gasteiger partial charge in [-0.25, -0.2) is 0 Å². The molecule has 3 rings (SSSR count). The highest BCUT2D eigenvalue weighted by atomic mass is 32.1. The van der Waals surface area contributed by atoms with Gasteiger partial charge in [-0.3, -0.25) is 15.0 Å². The summed E-state index contributed by atoms with van der Waals surface area (Å²) in [6.45, 7) is 0. The molecule has 0 atom stereocenters. The van der Waals surface area contributed by atoms with Gasteiger partial charge in [-0.15, -0.1) is 0 Å². The summed E-state index contributed by atoms with van der Waals surface area (Å²) in [7, 11) is 0. The lowest BCUT2D eigenvalue weighted by atomic mass is 9.98. The normalized spacial score (nSPS) is 13.1. The van der Waals surface area contributed by atoms with Gasteiger partial charge in [-0.2, -0.15) is 18.2 Å². The Labute approximate surface area is 153 Å². The van der Waals surface area contributed by atoms with Crippen molar-refractivity contribution in [2.45, 2.75) is 11.2 Å². The van der Waals surface area contributed by atoms with E-state index in [0.29, 0.717) is 23.9 Å². The molecule has 1 aromatic carbocycles. The van der Waals surface area contributed by atoms with Crippen LogP contribution >= 0.6 is 0 Å². The summed E-state index contributed by atoms with van der Waals surface area (Å²) in [6.07, 6.45) is -3.98. The van der Waals surface area contributed by atoms with Crippen molar-refractivity contribution in [1.82, 2.24) is 4.98 Å². The Morgan fingerprint density at radius 1 is 1.15 bits per heavy atom. The highest BCUT2D eigenvalue weighted by Gasteiger charge is 2.45. The quantitative estimate of drug-likeness (QED) is 0.490. The molecule has 1 aromatic heterocycles. The van der Waals surface area contributed by atoms with E-state index in [9.17, 15) is 27.6 Å². The zero-order valence-electron chi connectivity index (χ0n) is 13.2. The van der Waals surface area contributed by atoms with Crippen molar-refractivity contribution in [2.75, 3.05) is 0 Å². The van der Waals surface area contributed by atoms with Gasteiger partial charge >= 0.3 is 11.2 Å². The predicted octanol–water partition coefficient (Wildman–Crippen LogP) is 2.97. The summed E-state index contributed by atoms with van der Waals surface area (Å²) in [4.78, 5) is 36.9. The minimum atomic E-state index is -4.83. The average molecular weight is 391 g/mol. The number of hydrogen-bond acceptors (Lipinski definition) is 5. The predicted molar refractivity (Wildman–Crippen MR) is 92.2 cm³/mol. The van der Waals surface area contributed by atoms with Crippen LogP contribution in [0.4, 0.5) is 13.2 Å². The van der Waals surface area contributed by atoms with Crippen molar-refractivity contribution >= 4 is 40.4 Å². The standard InChI is InChI=1S/C17H8F3N3O3S/c18-17(19,20)10-4-11(7-1-2-8(5-24)9(3-7)6-25)23-16-12(10)13(21)14(27-16)15(22)26/h1-6,21H,(H-,22,26). The number of nitrogens with zero attached hydrogens (tertiary/aromatic N) is 1. The second kappa shape index (κ2) is 6.47. The van der Waals surface area contributed by atoms with Crippen molar-refractivity contribution in [3.63, 3.8) is 0 Å². The molecular weight excluding hydrogens is 383 g/mol. The number of rotatable bonds is 4. The van der Waals surface area contributed by atoms with E-state index in [4.69, 9.17) is 11.1 Å². The Morgan fingerprint density at radius 2 is 1.81 bits per heavy atom. The number of hydrogen-bond donors (Lipinski definition) is 1. The summed E-state index contributed by atoms with van der Waals surface area (Å²) >= 11 is 0.527. The van der Waals surface area contributed by atoms with Crippen molar-refractivity contribution in [3.8, 4) is 11.3 Å². The fraction of sp³-hybridized carbons (Fsp3) is 0.0588. The number of carbonyl (C=O) groups excluding carboxylic acids is 3. The SMILES string of the molecule is N=C1C(C([NH-])=O)=[S+]c2nc(-c3ccc(C=O)c(C=O)c3)cc(C(F)(F)F)c21. The van der Waals surface area contributed by atoms with Gasteiger partial charge in [0.05, 0.1) is 11.3 Å². The molecule has 2 N–H and O–H groups in total. The molecule has 0 spiro atoms. The monoisotopic (exact) mass is 391 g/mol. The first-order valence-corrected chi connectivity index (χ1v) is 8.06. The van der Waals surface area contributed by atoms with E-state index in [1.807, 2.05) is 0 Å². The molecule has 1 aliphatic heterocycles. The second-order valence-corrected chi connectivity index (χ2v) is 6.45. The average Bonchev–Trinajstić information content (AvgIpc) is 2.96. The van der Waals surface area contributed by atoms with E-state index in [1.165, 1.54) is 18.2 Å². The first-order valence-electron chi connectivity index (χ1n) is 7.24. The largest absolute Gasteiger partial charge is 0.659 e. The highest BCUT2D eigenvalue weighted by molar-refractivity contribution is 7.83. The lowest BCUT2D eigenvalue weighted by Crippen LogP contribution is -2.21. The number of nitrogens with one attached hydrogen (secondary N) is 2. The van der Waals surface area contributed by atoms with Gasteiger partial charge in [0.15, 0.2) is 12.6 Å². The van der Waals surface area contributed by atoms with Gasteiger partial charge < -0.3 is 10.5 Å². The molecule has 0 saturated heterocycles. The van der Waals surface area contributed by atoms with Crippen LogP contribution in [0.3, 0.4) is 0 Å². The molecule has 2 aromatic rings. The molecule has 0 unspecified atom stereocenters. The molecule has 10 heteroatoms. The van der Waals surface area contributed by atoms with E-state index in [2.05, 4.69) is 4.98 Å². The van der Waals surface area contributed by atoms with Crippen molar-refractivity contribution < 1.29 is 27.6 Å². The maximum Gasteiger partial charge on any atom is 0.417 e. The fourth-order valence-corrected chi connectivity index (χ4v) is 3.52. The number of aldehydes is 2. The number of halogens is 3. The van der Waals surface area contributed by atoms with Crippen LogP contribution in [0.2, 0.25) is 0 Å². The number of benzene rings is 1. The molecule has 2 heterocycles. The zero-order valence-corrected chi connectivity index (χ0v) is 14.0. The van der Waals surface area contributed by atoms with Gasteiger partial charge in [0, 0.05) is 16.7 Å². The van der Waals surface area contributed by atoms with Gasteiger partial charge in [0.2, 0.25) is 0 Å². The molecule has 6 nitrogen and oxygen atoms in total. The van der Waals surface area contributed by atoms with Crippen molar-refractivity contribution in [3.05, 3.63) is 52.3 Å². The van der Waals surface area contributed by atoms with Crippen LogP contribution in [0, 0.1) is 5.41 Å². The first kappa shape index (κ1) is 18.5. The number of alkyl halides is 3. The summed E-state index contributed by atoms with van der Waals surface area (Å²) in [5.41, 5.74) is 4.80. The smallest absolute Gasteiger partial charge is 0.417 e. The van der Waals surface area contributed by atoms with Crippen molar-refractivity contribution in [1.29, 1.82) is 5.41 Å². The highest BCUT2D eigenvalue weighted by Crippen LogP contribution is 2.38. The molecule has 1 aliphatic rings. The van der Waals surface area contributed by atoms with E-state index >= 15 is 0 Å². The van der Waals surface area contributed by atoms with E-state index in [1.54, 1.807) is 0 Å². The van der Waals surface area contributed by atoms with Gasteiger partial charge in [0.1, 0.15) is 17.2 Å². The molecule has 0 aliphatic carbocycles. The molecular formula is C17H8F3N3O3S. The molecule has 136 valence electrons. The number of fused-ring (bicyclic) bond motifs is 1. The van der Waals surface area contributed by atoms with E-state index < -0.39 is 33.8 Å². The maximum atomic E-state index is 13.5. The van der Waals surface area contributed by atoms with Crippen LogP contribution in [-0.2, 0) is 22.3 Å². The first-order chi connectivity index (χ1) is 12.7. The van der Waals surface area contributed by atoms with Crippen LogP contribution < -0.4 is 0 Å². The Morgan fingerprint density at radius 3 is 2.37 bits per heavy atom. The third-order valence-corrected chi connectivity index (χ3v) is 4.89. The zero-order chi connectivity index (χ0) is 19.9. The molecule has 1 amide bonds. The summed E-state index contributed by atoms with van der Waals surface area (Å²) < 4.78 is 40.6. The van der Waals surface area contributed by atoms with Gasteiger partial charge in [0.25, 0.3) is 16.2 Å². The molecule has 27 heavy (non-hydrogen) atoms. The van der Waals surface area contributed by atoms with Crippen LogP contribution in [-0.4, -0.2) is 34.0 Å². The second-order valence-electron chi connectivity index (χ2n) is 5.45. The molecule has 0 fully saturated rings. The van der Waals surface area contributed by atoms with Crippen LogP contribution in [0.15, 0.2) is 29.3 Å². The van der Waals surface area contributed by atoms with Crippen LogP contribution in [0.5, 0.6) is 0 Å². The van der Waals surface area contributed by atoms with Crippen molar-refractivity contribution in [2.24, 2.45) is 0 Å². The Balaban J connectivity index is 2.27. The Hall–Kier alpha value is -3.27. The molecule has 0 radical (unpaired) electrons. The van der Waals surface area contributed by atoms with Crippen LogP contribution in [0.1, 0.15) is 31.8 Å². The number of aromatic nitrogens is 1. The van der Waals surface area contributed by atoms with Crippen LogP contribution in [0.25, 0.3) is 17.0 Å². The summed E-state index contributed by atoms with van der Waals surface area (Å²) in [5.74, 6) is -1.27. The Kier molecular flexibility index (Phi) is 4.44. The van der Waals surface area contributed by atoms with Gasteiger partial charge in [-0.05, 0) is 12.1 Å². The fourth-order valence-electron chi connectivity index (χ4n) is 2.57. The third-order valence-electron chi connectivity index (χ3n) is 3.81. The minimum Gasteiger partial charge on any atom is -0.659 e.